The third-order valence-corrected chi connectivity index (χ3v) is 3.76. The Morgan fingerprint density at radius 2 is 1.57 bits per heavy atom. The first-order valence-corrected chi connectivity index (χ1v) is 6.53. The largest absolute Gasteiger partial charge is 0.399 e. The summed E-state index contributed by atoms with van der Waals surface area (Å²) in [5.41, 5.74) is -1.25. The monoisotopic (exact) mass is 290 g/mol. The van der Waals surface area contributed by atoms with E-state index < -0.39 is 11.6 Å². The molecule has 3 aromatic rings. The summed E-state index contributed by atoms with van der Waals surface area (Å²) in [4.78, 5) is 8.41. The fourth-order valence-corrected chi connectivity index (χ4v) is 2.35. The molecule has 21 heavy (non-hydrogen) atoms. The molecular formula is C16H13F3N2. The van der Waals surface area contributed by atoms with Gasteiger partial charge in [0.1, 0.15) is 5.41 Å². The number of hydrogen-bond acceptors (Lipinski definition) is 2. The maximum atomic E-state index is 13.4. The topological polar surface area (TPSA) is 25.8 Å². The van der Waals surface area contributed by atoms with E-state index in [1.807, 2.05) is 12.1 Å². The van der Waals surface area contributed by atoms with Crippen LogP contribution in [0, 0.1) is 0 Å². The molecule has 2 heterocycles. The van der Waals surface area contributed by atoms with Crippen molar-refractivity contribution < 1.29 is 13.2 Å². The molecule has 0 spiro atoms. The maximum Gasteiger partial charge on any atom is 0.399 e. The minimum absolute atomic E-state index is 0.0377. The van der Waals surface area contributed by atoms with Crippen LogP contribution >= 0.6 is 0 Å². The molecule has 2 aromatic heterocycles. The van der Waals surface area contributed by atoms with Gasteiger partial charge in [-0.05, 0) is 26.0 Å². The van der Waals surface area contributed by atoms with Crippen LogP contribution in [0.2, 0.25) is 0 Å². The number of alkyl halides is 3. The predicted molar refractivity (Wildman–Crippen MR) is 76.1 cm³/mol. The number of pyridine rings is 2. The Balaban J connectivity index is 2.47. The Morgan fingerprint density at radius 3 is 2.29 bits per heavy atom. The Bertz CT molecular complexity index is 822. The van der Waals surface area contributed by atoms with Gasteiger partial charge >= 0.3 is 6.18 Å². The lowest BCUT2D eigenvalue weighted by Crippen LogP contribution is -2.37. The lowest BCUT2D eigenvalue weighted by atomic mass is 9.86. The summed E-state index contributed by atoms with van der Waals surface area (Å²) in [6.07, 6.45) is -2.90. The zero-order chi connectivity index (χ0) is 15.3. The second-order valence-corrected chi connectivity index (χ2v) is 5.50. The van der Waals surface area contributed by atoms with Crippen LogP contribution in [0.15, 0.2) is 42.6 Å². The quantitative estimate of drug-likeness (QED) is 0.611. The van der Waals surface area contributed by atoms with E-state index >= 15 is 0 Å². The van der Waals surface area contributed by atoms with Crippen molar-refractivity contribution in [3.05, 3.63) is 48.3 Å². The summed E-state index contributed by atoms with van der Waals surface area (Å²) in [5, 5.41) is 1.50. The van der Waals surface area contributed by atoms with Gasteiger partial charge in [0, 0.05) is 17.0 Å². The second-order valence-electron chi connectivity index (χ2n) is 5.50. The normalized spacial score (nSPS) is 13.0. The molecule has 0 amide bonds. The van der Waals surface area contributed by atoms with Crippen LogP contribution in [-0.4, -0.2) is 16.1 Å². The molecule has 0 atom stereocenters. The lowest BCUT2D eigenvalue weighted by Gasteiger charge is -2.28. The Morgan fingerprint density at radius 1 is 0.905 bits per heavy atom. The number of hydrogen-bond donors (Lipinski definition) is 0. The predicted octanol–water partition coefficient (Wildman–Crippen LogP) is 4.62. The fourth-order valence-electron chi connectivity index (χ4n) is 2.35. The summed E-state index contributed by atoms with van der Waals surface area (Å²) in [6.45, 7) is 2.27. The number of para-hydroxylation sites is 1. The van der Waals surface area contributed by atoms with Crippen molar-refractivity contribution in [2.45, 2.75) is 25.4 Å². The number of rotatable bonds is 1. The van der Waals surface area contributed by atoms with Crippen molar-refractivity contribution in [2.24, 2.45) is 0 Å². The molecule has 0 saturated heterocycles. The summed E-state index contributed by atoms with van der Waals surface area (Å²) < 4.78 is 40.1. The van der Waals surface area contributed by atoms with Crippen molar-refractivity contribution in [3.8, 4) is 0 Å². The minimum Gasteiger partial charge on any atom is -0.254 e. The molecule has 0 bridgehead atoms. The van der Waals surface area contributed by atoms with Gasteiger partial charge < -0.3 is 0 Å². The number of aromatic nitrogens is 2. The molecule has 0 aliphatic rings. The zero-order valence-electron chi connectivity index (χ0n) is 11.6. The lowest BCUT2D eigenvalue weighted by molar-refractivity contribution is -0.180. The number of halogens is 3. The van der Waals surface area contributed by atoms with Crippen molar-refractivity contribution in [3.63, 3.8) is 0 Å². The van der Waals surface area contributed by atoms with E-state index in [2.05, 4.69) is 9.97 Å². The molecule has 5 heteroatoms. The number of benzene rings is 1. The van der Waals surface area contributed by atoms with Crippen LogP contribution in [0.5, 0.6) is 0 Å². The first-order valence-electron chi connectivity index (χ1n) is 6.53. The molecule has 2 nitrogen and oxygen atoms in total. The Kier molecular flexibility index (Phi) is 2.90. The van der Waals surface area contributed by atoms with E-state index in [9.17, 15) is 13.2 Å². The summed E-state index contributed by atoms with van der Waals surface area (Å²) >= 11 is 0. The van der Waals surface area contributed by atoms with E-state index in [0.717, 1.165) is 19.2 Å². The van der Waals surface area contributed by atoms with Gasteiger partial charge in [-0.15, -0.1) is 0 Å². The van der Waals surface area contributed by atoms with Crippen LogP contribution in [0.4, 0.5) is 13.2 Å². The molecular weight excluding hydrogens is 277 g/mol. The molecule has 0 saturated carbocycles. The SMILES string of the molecule is CC(C)(c1nc2ccccc2c2cccnc12)C(F)(F)F. The molecule has 3 rings (SSSR count). The standard InChI is InChI=1S/C16H13F3N2/c1-15(2,16(17,18)19)14-13-11(7-5-9-20-13)10-6-3-4-8-12(10)21-14/h3-9H,1-2H3. The van der Waals surface area contributed by atoms with Crippen LogP contribution in [0.1, 0.15) is 19.5 Å². The summed E-state index contributed by atoms with van der Waals surface area (Å²) in [5.74, 6) is 0. The summed E-state index contributed by atoms with van der Waals surface area (Å²) in [6, 6.07) is 10.7. The molecule has 0 radical (unpaired) electrons. The average Bonchev–Trinajstić information content (AvgIpc) is 2.45. The van der Waals surface area contributed by atoms with Gasteiger partial charge in [-0.1, -0.05) is 24.3 Å². The number of fused-ring (bicyclic) bond motifs is 3. The molecule has 0 aliphatic carbocycles. The van der Waals surface area contributed by atoms with Crippen molar-refractivity contribution in [1.82, 2.24) is 9.97 Å². The zero-order valence-corrected chi connectivity index (χ0v) is 11.6. The highest BCUT2D eigenvalue weighted by atomic mass is 19.4. The van der Waals surface area contributed by atoms with Crippen molar-refractivity contribution >= 4 is 21.8 Å². The maximum absolute atomic E-state index is 13.4. The van der Waals surface area contributed by atoms with Crippen molar-refractivity contribution in [1.29, 1.82) is 0 Å². The van der Waals surface area contributed by atoms with Crippen LogP contribution < -0.4 is 0 Å². The smallest absolute Gasteiger partial charge is 0.254 e. The van der Waals surface area contributed by atoms with Gasteiger partial charge in [0.15, 0.2) is 0 Å². The highest BCUT2D eigenvalue weighted by Crippen LogP contribution is 2.42. The van der Waals surface area contributed by atoms with Gasteiger partial charge in [-0.2, -0.15) is 13.2 Å². The highest BCUT2D eigenvalue weighted by molar-refractivity contribution is 6.05. The highest BCUT2D eigenvalue weighted by Gasteiger charge is 2.50. The van der Waals surface area contributed by atoms with Gasteiger partial charge in [-0.3, -0.25) is 4.98 Å². The van der Waals surface area contributed by atoms with E-state index in [1.165, 1.54) is 6.20 Å². The van der Waals surface area contributed by atoms with Gasteiger partial charge in [0.25, 0.3) is 0 Å². The van der Waals surface area contributed by atoms with E-state index in [-0.39, 0.29) is 5.69 Å². The van der Waals surface area contributed by atoms with Crippen LogP contribution in [0.3, 0.4) is 0 Å². The third kappa shape index (κ3) is 2.04. The first kappa shape index (κ1) is 13.8. The van der Waals surface area contributed by atoms with Crippen molar-refractivity contribution in [2.75, 3.05) is 0 Å². The average molecular weight is 290 g/mol. The molecule has 1 aromatic carbocycles. The Hall–Kier alpha value is -2.17. The second kappa shape index (κ2) is 4.41. The molecule has 0 unspecified atom stereocenters. The minimum atomic E-state index is -4.40. The molecule has 108 valence electrons. The number of nitrogens with zero attached hydrogens (tertiary/aromatic N) is 2. The molecule has 0 fully saturated rings. The fraction of sp³-hybridized carbons (Fsp3) is 0.250. The molecule has 0 N–H and O–H groups in total. The van der Waals surface area contributed by atoms with E-state index in [1.54, 1.807) is 24.3 Å². The van der Waals surface area contributed by atoms with E-state index in [4.69, 9.17) is 0 Å². The van der Waals surface area contributed by atoms with Gasteiger partial charge in [0.05, 0.1) is 16.7 Å². The molecule has 0 aliphatic heterocycles. The van der Waals surface area contributed by atoms with Crippen LogP contribution in [0.25, 0.3) is 21.8 Å². The first-order chi connectivity index (χ1) is 9.82. The van der Waals surface area contributed by atoms with E-state index in [0.29, 0.717) is 16.4 Å². The van der Waals surface area contributed by atoms with Gasteiger partial charge in [0.2, 0.25) is 0 Å². The third-order valence-electron chi connectivity index (χ3n) is 3.76. The summed E-state index contributed by atoms with van der Waals surface area (Å²) in [7, 11) is 0. The van der Waals surface area contributed by atoms with Crippen LogP contribution in [-0.2, 0) is 5.41 Å². The Labute approximate surface area is 119 Å². The van der Waals surface area contributed by atoms with Gasteiger partial charge in [-0.25, -0.2) is 4.98 Å².